The highest BCUT2D eigenvalue weighted by atomic mass is 19.1. The summed E-state index contributed by atoms with van der Waals surface area (Å²) in [5.41, 5.74) is 7.84. The van der Waals surface area contributed by atoms with E-state index >= 15 is 0 Å². The molecule has 1 aromatic carbocycles. The fourth-order valence-corrected chi connectivity index (χ4v) is 3.87. The van der Waals surface area contributed by atoms with Crippen molar-refractivity contribution in [2.45, 2.75) is 20.8 Å². The Labute approximate surface area is 198 Å². The van der Waals surface area contributed by atoms with Crippen LogP contribution in [0.4, 0.5) is 4.39 Å². The average Bonchev–Trinajstić information content (AvgIpc) is 3.47. The van der Waals surface area contributed by atoms with Gasteiger partial charge in [-0.2, -0.15) is 5.10 Å². The molecule has 0 aliphatic carbocycles. The molecule has 0 saturated heterocycles. The summed E-state index contributed by atoms with van der Waals surface area (Å²) < 4.78 is 13.9. The molecule has 170 valence electrons. The summed E-state index contributed by atoms with van der Waals surface area (Å²) in [6.07, 6.45) is 8.91. The van der Waals surface area contributed by atoms with Crippen LogP contribution in [-0.4, -0.2) is 25.1 Å². The summed E-state index contributed by atoms with van der Waals surface area (Å²) in [4.78, 5) is 12.2. The number of nitrogens with zero attached hydrogens (tertiary/aromatic N) is 3. The van der Waals surface area contributed by atoms with Gasteiger partial charge in [0.2, 0.25) is 0 Å². The number of hydrogen-bond acceptors (Lipinski definition) is 3. The van der Waals surface area contributed by atoms with Gasteiger partial charge in [0.1, 0.15) is 11.5 Å². The minimum atomic E-state index is -0.278. The molecule has 6 heteroatoms. The Bertz CT molecular complexity index is 1460. The quantitative estimate of drug-likeness (QED) is 0.280. The van der Waals surface area contributed by atoms with Gasteiger partial charge < -0.3 is 4.98 Å². The topological polar surface area (TPSA) is 70.2 Å². The summed E-state index contributed by atoms with van der Waals surface area (Å²) in [6.45, 7) is 9.82. The number of allylic oxidation sites excluding steroid dienone is 2. The molecular formula is C28H26FN5. The molecule has 0 bridgehead atoms. The second-order valence-corrected chi connectivity index (χ2v) is 7.48. The van der Waals surface area contributed by atoms with Crippen molar-refractivity contribution in [1.82, 2.24) is 25.1 Å². The van der Waals surface area contributed by atoms with Crippen LogP contribution in [-0.2, 0) is 0 Å². The Morgan fingerprint density at radius 2 is 1.91 bits per heavy atom. The van der Waals surface area contributed by atoms with Crippen molar-refractivity contribution in [2.24, 2.45) is 0 Å². The number of halogens is 1. The highest BCUT2D eigenvalue weighted by Gasteiger charge is 2.17. The first-order valence-electron chi connectivity index (χ1n) is 11.2. The first-order valence-corrected chi connectivity index (χ1v) is 11.2. The molecule has 0 unspecified atom stereocenters. The maximum atomic E-state index is 13.9. The van der Waals surface area contributed by atoms with Crippen LogP contribution in [0.3, 0.4) is 0 Å². The van der Waals surface area contributed by atoms with Crippen LogP contribution in [0, 0.1) is 12.7 Å². The molecule has 0 amide bonds. The van der Waals surface area contributed by atoms with E-state index in [1.807, 2.05) is 57.2 Å². The van der Waals surface area contributed by atoms with E-state index in [2.05, 4.69) is 31.7 Å². The molecule has 0 atom stereocenters. The molecule has 4 heterocycles. The van der Waals surface area contributed by atoms with Gasteiger partial charge in [0.25, 0.3) is 0 Å². The second kappa shape index (κ2) is 10.1. The van der Waals surface area contributed by atoms with E-state index in [-0.39, 0.29) is 5.82 Å². The van der Waals surface area contributed by atoms with Crippen molar-refractivity contribution in [3.05, 3.63) is 108 Å². The van der Waals surface area contributed by atoms with Crippen LogP contribution < -0.4 is 0 Å². The molecule has 4 aromatic heterocycles. The van der Waals surface area contributed by atoms with Crippen molar-refractivity contribution < 1.29 is 4.39 Å². The van der Waals surface area contributed by atoms with E-state index in [1.54, 1.807) is 30.7 Å². The Balaban J connectivity index is 0.00000133. The lowest BCUT2D eigenvalue weighted by Gasteiger charge is -2.07. The van der Waals surface area contributed by atoms with E-state index in [0.717, 1.165) is 55.9 Å². The van der Waals surface area contributed by atoms with Crippen LogP contribution in [0.25, 0.3) is 39.1 Å². The molecule has 0 aliphatic heterocycles. The number of aromatic nitrogens is 5. The van der Waals surface area contributed by atoms with Gasteiger partial charge in [0, 0.05) is 34.6 Å². The smallest absolute Gasteiger partial charge is 0.123 e. The van der Waals surface area contributed by atoms with Crippen LogP contribution in [0.5, 0.6) is 0 Å². The first kappa shape index (κ1) is 22.9. The van der Waals surface area contributed by atoms with E-state index in [4.69, 9.17) is 0 Å². The van der Waals surface area contributed by atoms with E-state index in [1.165, 1.54) is 12.1 Å². The predicted molar refractivity (Wildman–Crippen MR) is 137 cm³/mol. The normalized spacial score (nSPS) is 11.2. The van der Waals surface area contributed by atoms with Gasteiger partial charge in [-0.25, -0.2) is 4.39 Å². The van der Waals surface area contributed by atoms with Gasteiger partial charge in [-0.15, -0.1) is 0 Å². The van der Waals surface area contributed by atoms with Gasteiger partial charge in [-0.1, -0.05) is 44.7 Å². The molecule has 0 saturated carbocycles. The number of rotatable bonds is 5. The zero-order valence-corrected chi connectivity index (χ0v) is 19.4. The summed E-state index contributed by atoms with van der Waals surface area (Å²) in [6, 6.07) is 14.5. The highest BCUT2D eigenvalue weighted by molar-refractivity contribution is 5.95. The maximum absolute atomic E-state index is 13.9. The Morgan fingerprint density at radius 3 is 2.65 bits per heavy atom. The minimum Gasteiger partial charge on any atom is -0.357 e. The summed E-state index contributed by atoms with van der Waals surface area (Å²) in [7, 11) is 0. The van der Waals surface area contributed by atoms with Crippen molar-refractivity contribution in [2.75, 3.05) is 0 Å². The van der Waals surface area contributed by atoms with Crippen molar-refractivity contribution >= 4 is 16.5 Å². The minimum absolute atomic E-state index is 0.278. The first-order chi connectivity index (χ1) is 16.6. The van der Waals surface area contributed by atoms with E-state index < -0.39 is 0 Å². The van der Waals surface area contributed by atoms with Gasteiger partial charge in [-0.05, 0) is 54.5 Å². The fourth-order valence-electron chi connectivity index (χ4n) is 3.87. The van der Waals surface area contributed by atoms with E-state index in [0.29, 0.717) is 0 Å². The summed E-state index contributed by atoms with van der Waals surface area (Å²) in [5.74, 6) is -0.278. The lowest BCUT2D eigenvalue weighted by Crippen LogP contribution is -1.89. The fraction of sp³-hybridized carbons (Fsp3) is 0.107. The number of benzene rings is 1. The van der Waals surface area contributed by atoms with Crippen molar-refractivity contribution in [1.29, 1.82) is 0 Å². The highest BCUT2D eigenvalue weighted by Crippen LogP contribution is 2.33. The van der Waals surface area contributed by atoms with Gasteiger partial charge in [0.15, 0.2) is 0 Å². The SMILES string of the molecule is C=C/C=C(/c1cccc(F)c1)c1cc(-c2n[nH]c3cnc(-c4cccnc4)cc23)[nH]c1C.CC. The Hall–Kier alpha value is -4.32. The molecule has 5 nitrogen and oxygen atoms in total. The number of H-pyrrole nitrogens is 2. The monoisotopic (exact) mass is 451 g/mol. The predicted octanol–water partition coefficient (Wildman–Crippen LogP) is 7.11. The lowest BCUT2D eigenvalue weighted by molar-refractivity contribution is 0.627. The average molecular weight is 452 g/mol. The second-order valence-electron chi connectivity index (χ2n) is 7.48. The molecule has 0 radical (unpaired) electrons. The van der Waals surface area contributed by atoms with Gasteiger partial charge >= 0.3 is 0 Å². The van der Waals surface area contributed by atoms with Gasteiger partial charge in [0.05, 0.1) is 23.1 Å². The van der Waals surface area contributed by atoms with E-state index in [9.17, 15) is 4.39 Å². The molecule has 5 rings (SSSR count). The lowest BCUT2D eigenvalue weighted by atomic mass is 9.97. The number of aryl methyl sites for hydroxylation is 1. The van der Waals surface area contributed by atoms with Crippen LogP contribution in [0.1, 0.15) is 30.7 Å². The molecular weight excluding hydrogens is 425 g/mol. The zero-order valence-electron chi connectivity index (χ0n) is 19.4. The molecule has 0 fully saturated rings. The Kier molecular flexibility index (Phi) is 6.78. The summed E-state index contributed by atoms with van der Waals surface area (Å²) in [5, 5.41) is 8.55. The number of pyridine rings is 2. The third-order valence-electron chi connectivity index (χ3n) is 5.38. The van der Waals surface area contributed by atoms with Gasteiger partial charge in [-0.3, -0.25) is 15.1 Å². The van der Waals surface area contributed by atoms with Crippen LogP contribution in [0.15, 0.2) is 85.9 Å². The van der Waals surface area contributed by atoms with Crippen LogP contribution >= 0.6 is 0 Å². The molecule has 34 heavy (non-hydrogen) atoms. The molecule has 0 spiro atoms. The van der Waals surface area contributed by atoms with Crippen LogP contribution in [0.2, 0.25) is 0 Å². The third kappa shape index (κ3) is 4.43. The molecule has 0 aliphatic rings. The zero-order chi connectivity index (χ0) is 24.1. The number of aromatic amines is 2. The number of hydrogen-bond donors (Lipinski definition) is 2. The standard InChI is InChI=1S/C26H20FN5.C2H6/c1-3-6-20(17-7-4-9-19(27)11-17)21-12-24(30-16(21)2)26-22-13-23(18-8-5-10-28-14-18)29-15-25(22)31-32-26;1-2/h3-15,30H,1H2,2H3,(H,31,32);1-2H3/b20-6-;. The molecule has 5 aromatic rings. The number of nitrogens with one attached hydrogen (secondary N) is 2. The maximum Gasteiger partial charge on any atom is 0.123 e. The number of fused-ring (bicyclic) bond motifs is 1. The van der Waals surface area contributed by atoms with Crippen molar-refractivity contribution in [3.63, 3.8) is 0 Å². The Morgan fingerprint density at radius 1 is 1.06 bits per heavy atom. The largest absolute Gasteiger partial charge is 0.357 e. The van der Waals surface area contributed by atoms with Crippen molar-refractivity contribution in [3.8, 4) is 22.6 Å². The molecule has 2 N–H and O–H groups in total. The third-order valence-corrected chi connectivity index (χ3v) is 5.38. The summed E-state index contributed by atoms with van der Waals surface area (Å²) >= 11 is 0.